The minimum Gasteiger partial charge on any atom is -0.447 e. The summed E-state index contributed by atoms with van der Waals surface area (Å²) in [6, 6.07) is 5.54. The maximum Gasteiger partial charge on any atom is 0.273 e. The van der Waals surface area contributed by atoms with Gasteiger partial charge >= 0.3 is 0 Å². The van der Waals surface area contributed by atoms with Gasteiger partial charge in [0.05, 0.1) is 6.54 Å². The molecule has 20 heavy (non-hydrogen) atoms. The first-order valence-electron chi connectivity index (χ1n) is 6.28. The number of hydrogen-bond acceptors (Lipinski definition) is 5. The fourth-order valence-electron chi connectivity index (χ4n) is 1.81. The van der Waals surface area contributed by atoms with Gasteiger partial charge in [-0.1, -0.05) is 0 Å². The van der Waals surface area contributed by atoms with Gasteiger partial charge in [0.2, 0.25) is 5.09 Å². The molecule has 1 unspecified atom stereocenters. The van der Waals surface area contributed by atoms with E-state index < -0.39 is 10.0 Å². The van der Waals surface area contributed by atoms with E-state index in [0.29, 0.717) is 18.3 Å². The highest BCUT2D eigenvalue weighted by molar-refractivity contribution is 7.89. The number of rotatable bonds is 7. The molecule has 2 aromatic rings. The molecule has 2 aromatic heterocycles. The summed E-state index contributed by atoms with van der Waals surface area (Å²) in [5.74, 6) is 0.607. The van der Waals surface area contributed by atoms with E-state index in [1.165, 1.54) is 18.7 Å². The van der Waals surface area contributed by atoms with Crippen LogP contribution in [0.2, 0.25) is 0 Å². The molecule has 0 aromatic carbocycles. The molecule has 0 fully saturated rings. The second-order valence-corrected chi connectivity index (χ2v) is 7.14. The average Bonchev–Trinajstić information content (AvgIpc) is 3.07. The standard InChI is InChI=1S/C13H18N2O3S2/c1-10(7-11-5-6-19-9-11)15-8-12-3-4-13(18-12)20(16,17)14-2/h3-6,9-10,14-15H,7-8H2,1-2H3. The fourth-order valence-corrected chi connectivity index (χ4v) is 3.15. The largest absolute Gasteiger partial charge is 0.447 e. The van der Waals surface area contributed by atoms with E-state index in [1.807, 2.05) is 0 Å². The summed E-state index contributed by atoms with van der Waals surface area (Å²) in [5.41, 5.74) is 1.30. The lowest BCUT2D eigenvalue weighted by atomic mass is 10.1. The Morgan fingerprint density at radius 3 is 2.80 bits per heavy atom. The van der Waals surface area contributed by atoms with Crippen molar-refractivity contribution in [2.45, 2.75) is 31.0 Å². The third-order valence-corrected chi connectivity index (χ3v) is 4.94. The summed E-state index contributed by atoms with van der Waals surface area (Å²) in [6.45, 7) is 2.59. The van der Waals surface area contributed by atoms with Gasteiger partial charge in [0.15, 0.2) is 0 Å². The van der Waals surface area contributed by atoms with Crippen LogP contribution in [0.4, 0.5) is 0 Å². The first-order valence-corrected chi connectivity index (χ1v) is 8.70. The molecule has 0 aliphatic heterocycles. The van der Waals surface area contributed by atoms with E-state index in [1.54, 1.807) is 17.4 Å². The van der Waals surface area contributed by atoms with Gasteiger partial charge in [0.1, 0.15) is 5.76 Å². The minimum absolute atomic E-state index is 0.0534. The molecule has 0 saturated carbocycles. The van der Waals surface area contributed by atoms with Gasteiger partial charge in [-0.05, 0) is 54.9 Å². The third kappa shape index (κ3) is 3.92. The number of nitrogens with one attached hydrogen (secondary N) is 2. The molecule has 0 spiro atoms. The average molecular weight is 314 g/mol. The summed E-state index contributed by atoms with van der Waals surface area (Å²) < 4.78 is 30.6. The Balaban J connectivity index is 1.88. The van der Waals surface area contributed by atoms with Crippen LogP contribution in [0.1, 0.15) is 18.2 Å². The van der Waals surface area contributed by atoms with Crippen LogP contribution >= 0.6 is 11.3 Å². The molecule has 1 atom stereocenters. The molecule has 2 heterocycles. The van der Waals surface area contributed by atoms with E-state index in [-0.39, 0.29) is 5.09 Å². The summed E-state index contributed by atoms with van der Waals surface area (Å²) in [7, 11) is -2.14. The lowest BCUT2D eigenvalue weighted by molar-refractivity contribution is 0.390. The number of sulfonamides is 1. The van der Waals surface area contributed by atoms with Gasteiger partial charge in [-0.25, -0.2) is 13.1 Å². The van der Waals surface area contributed by atoms with Gasteiger partial charge in [-0.3, -0.25) is 0 Å². The van der Waals surface area contributed by atoms with Crippen molar-refractivity contribution in [1.29, 1.82) is 0 Å². The minimum atomic E-state index is -3.50. The highest BCUT2D eigenvalue weighted by Crippen LogP contribution is 2.14. The smallest absolute Gasteiger partial charge is 0.273 e. The quantitative estimate of drug-likeness (QED) is 0.819. The highest BCUT2D eigenvalue weighted by atomic mass is 32.2. The van der Waals surface area contributed by atoms with Gasteiger partial charge in [0.25, 0.3) is 10.0 Å². The molecule has 0 radical (unpaired) electrons. The van der Waals surface area contributed by atoms with Crippen LogP contribution in [0.5, 0.6) is 0 Å². The molecule has 0 saturated heterocycles. The van der Waals surface area contributed by atoms with E-state index >= 15 is 0 Å². The number of furan rings is 1. The lowest BCUT2D eigenvalue weighted by Crippen LogP contribution is -2.27. The first kappa shape index (κ1) is 15.2. The zero-order chi connectivity index (χ0) is 14.6. The Morgan fingerprint density at radius 2 is 2.15 bits per heavy atom. The van der Waals surface area contributed by atoms with E-state index in [2.05, 4.69) is 33.8 Å². The predicted octanol–water partition coefficient (Wildman–Crippen LogP) is 1.97. The van der Waals surface area contributed by atoms with Crippen molar-refractivity contribution in [2.75, 3.05) is 7.05 Å². The summed E-state index contributed by atoms with van der Waals surface area (Å²) >= 11 is 1.68. The van der Waals surface area contributed by atoms with Gasteiger partial charge in [0, 0.05) is 6.04 Å². The molecule has 7 heteroatoms. The Bertz CT molecular complexity index is 632. The summed E-state index contributed by atoms with van der Waals surface area (Å²) in [6.07, 6.45) is 0.936. The summed E-state index contributed by atoms with van der Waals surface area (Å²) in [4.78, 5) is 0. The van der Waals surface area contributed by atoms with Gasteiger partial charge in [-0.2, -0.15) is 11.3 Å². The van der Waals surface area contributed by atoms with Crippen LogP contribution in [0, 0.1) is 0 Å². The monoisotopic (exact) mass is 314 g/mol. The second-order valence-electron chi connectivity index (χ2n) is 4.55. The van der Waals surface area contributed by atoms with Gasteiger partial charge in [-0.15, -0.1) is 0 Å². The molecule has 110 valence electrons. The van der Waals surface area contributed by atoms with Crippen molar-refractivity contribution in [3.63, 3.8) is 0 Å². The molecule has 2 rings (SSSR count). The second kappa shape index (κ2) is 6.53. The van der Waals surface area contributed by atoms with Crippen molar-refractivity contribution in [1.82, 2.24) is 10.0 Å². The van der Waals surface area contributed by atoms with E-state index in [9.17, 15) is 8.42 Å². The summed E-state index contributed by atoms with van der Waals surface area (Å²) in [5, 5.41) is 7.45. The number of hydrogen-bond donors (Lipinski definition) is 2. The zero-order valence-corrected chi connectivity index (χ0v) is 13.1. The molecule has 0 amide bonds. The molecule has 0 aliphatic rings. The normalized spacial score (nSPS) is 13.5. The molecular weight excluding hydrogens is 296 g/mol. The fraction of sp³-hybridized carbons (Fsp3) is 0.385. The SMILES string of the molecule is CNS(=O)(=O)c1ccc(CNC(C)Cc2ccsc2)o1. The van der Waals surface area contributed by atoms with Gasteiger partial charge < -0.3 is 9.73 Å². The maximum absolute atomic E-state index is 11.5. The Hall–Kier alpha value is -1.15. The topological polar surface area (TPSA) is 71.3 Å². The Labute approximate surface area is 123 Å². The van der Waals surface area contributed by atoms with Crippen LogP contribution in [0.3, 0.4) is 0 Å². The van der Waals surface area contributed by atoms with E-state index in [4.69, 9.17) is 4.42 Å². The third-order valence-electron chi connectivity index (χ3n) is 2.92. The Morgan fingerprint density at radius 1 is 1.35 bits per heavy atom. The van der Waals surface area contributed by atoms with Crippen molar-refractivity contribution in [3.05, 3.63) is 40.3 Å². The Kier molecular flexibility index (Phi) is 4.98. The van der Waals surface area contributed by atoms with Crippen LogP contribution < -0.4 is 10.0 Å². The first-order chi connectivity index (χ1) is 9.51. The lowest BCUT2D eigenvalue weighted by Gasteiger charge is -2.11. The molecule has 2 N–H and O–H groups in total. The molecule has 0 bridgehead atoms. The maximum atomic E-state index is 11.5. The van der Waals surface area contributed by atoms with Crippen LogP contribution in [0.15, 0.2) is 38.5 Å². The van der Waals surface area contributed by atoms with Crippen molar-refractivity contribution < 1.29 is 12.8 Å². The molecular formula is C13H18N2O3S2. The van der Waals surface area contributed by atoms with Crippen LogP contribution in [0.25, 0.3) is 0 Å². The molecule has 0 aliphatic carbocycles. The van der Waals surface area contributed by atoms with E-state index in [0.717, 1.165) is 6.42 Å². The van der Waals surface area contributed by atoms with Crippen molar-refractivity contribution in [3.8, 4) is 0 Å². The number of thiophene rings is 1. The molecule has 5 nitrogen and oxygen atoms in total. The van der Waals surface area contributed by atoms with Crippen molar-refractivity contribution in [2.24, 2.45) is 0 Å². The van der Waals surface area contributed by atoms with Crippen LogP contribution in [-0.4, -0.2) is 21.5 Å². The zero-order valence-electron chi connectivity index (χ0n) is 11.4. The van der Waals surface area contributed by atoms with Crippen LogP contribution in [-0.2, 0) is 23.0 Å². The van der Waals surface area contributed by atoms with Crippen molar-refractivity contribution >= 4 is 21.4 Å². The predicted molar refractivity (Wildman–Crippen MR) is 79.3 cm³/mol. The highest BCUT2D eigenvalue weighted by Gasteiger charge is 2.16.